The molecule has 0 saturated heterocycles. The van der Waals surface area contributed by atoms with Crippen LogP contribution in [0.25, 0.3) is 6.08 Å². The number of anilines is 1. The Kier molecular flexibility index (Phi) is 6.26. The highest BCUT2D eigenvalue weighted by atomic mass is 32.1. The average Bonchev–Trinajstić information content (AvgIpc) is 3.13. The smallest absolute Gasteiger partial charge is 0.251 e. The normalized spacial score (nSPS) is 15.5. The molecule has 5 nitrogen and oxygen atoms in total. The van der Waals surface area contributed by atoms with Crippen molar-refractivity contribution in [3.8, 4) is 0 Å². The number of fused-ring (bicyclic) bond motifs is 1. The third-order valence-electron chi connectivity index (χ3n) is 4.29. The number of thiazole rings is 1. The van der Waals surface area contributed by atoms with Crippen LogP contribution in [0.1, 0.15) is 52.5 Å². The molecule has 0 atom stereocenters. The molecule has 7 heteroatoms. The Morgan fingerprint density at radius 1 is 1.36 bits per heavy atom. The van der Waals surface area contributed by atoms with Gasteiger partial charge >= 0.3 is 0 Å². The molecular weight excluding hydrogens is 388 g/mol. The number of thiol groups is 1. The Morgan fingerprint density at radius 2 is 2.14 bits per heavy atom. The molecule has 0 saturated carbocycles. The van der Waals surface area contributed by atoms with Gasteiger partial charge in [-0.2, -0.15) is 0 Å². The van der Waals surface area contributed by atoms with Crippen LogP contribution in [-0.4, -0.2) is 10.9 Å². The maximum absolute atomic E-state index is 12.6. The number of carbonyl (C=O) groups is 1. The second kappa shape index (κ2) is 8.67. The summed E-state index contributed by atoms with van der Waals surface area (Å²) in [5, 5.41) is 7.31. The first-order valence-electron chi connectivity index (χ1n) is 9.00. The fourth-order valence-corrected chi connectivity index (χ4v) is 3.86. The van der Waals surface area contributed by atoms with Crippen LogP contribution in [0.4, 0.5) is 5.69 Å². The van der Waals surface area contributed by atoms with E-state index in [0.717, 1.165) is 32.4 Å². The van der Waals surface area contributed by atoms with Crippen LogP contribution in [0.2, 0.25) is 0 Å². The molecular formula is C21H24N4OS2. The van der Waals surface area contributed by atoms with Crippen molar-refractivity contribution in [1.29, 1.82) is 0 Å². The first kappa shape index (κ1) is 20.2. The zero-order valence-electron chi connectivity index (χ0n) is 16.2. The molecule has 146 valence electrons. The highest BCUT2D eigenvalue weighted by molar-refractivity contribution is 7.78. The Labute approximate surface area is 175 Å². The molecule has 0 spiro atoms. The van der Waals surface area contributed by atoms with Crippen LogP contribution in [0.3, 0.4) is 0 Å². The van der Waals surface area contributed by atoms with E-state index in [4.69, 9.17) is 0 Å². The molecule has 3 N–H and O–H groups in total. The van der Waals surface area contributed by atoms with Gasteiger partial charge in [-0.25, -0.2) is 4.98 Å². The Hall–Kier alpha value is -2.51. The van der Waals surface area contributed by atoms with Crippen molar-refractivity contribution in [3.63, 3.8) is 0 Å². The number of aromatic nitrogens is 1. The van der Waals surface area contributed by atoms with Gasteiger partial charge in [-0.1, -0.05) is 39.3 Å². The summed E-state index contributed by atoms with van der Waals surface area (Å²) in [6, 6.07) is 5.61. The fraction of sp³-hybridized carbons (Fsp3) is 0.238. The molecule has 1 amide bonds. The zero-order chi connectivity index (χ0) is 20.3. The molecule has 0 bridgehead atoms. The maximum atomic E-state index is 12.6. The lowest BCUT2D eigenvalue weighted by Gasteiger charge is -2.18. The number of nitrogens with one attached hydrogen (secondary N) is 3. The van der Waals surface area contributed by atoms with Gasteiger partial charge in [-0.3, -0.25) is 4.79 Å². The number of hydrogen-bond donors (Lipinski definition) is 4. The fourth-order valence-electron chi connectivity index (χ4n) is 2.80. The number of nitrogens with zero attached hydrogens (tertiary/aromatic N) is 1. The maximum Gasteiger partial charge on any atom is 0.251 e. The quantitative estimate of drug-likeness (QED) is 0.530. The van der Waals surface area contributed by atoms with Crippen molar-refractivity contribution in [2.24, 2.45) is 0 Å². The Balaban J connectivity index is 1.76. The van der Waals surface area contributed by atoms with Gasteiger partial charge in [-0.05, 0) is 42.3 Å². The number of carbonyl (C=O) groups excluding carboxylic acids is 1. The van der Waals surface area contributed by atoms with Crippen molar-refractivity contribution in [3.05, 3.63) is 75.0 Å². The molecule has 1 aliphatic rings. The summed E-state index contributed by atoms with van der Waals surface area (Å²) in [6.45, 7) is 10.7. The molecule has 2 aromatic rings. The monoisotopic (exact) mass is 412 g/mol. The summed E-state index contributed by atoms with van der Waals surface area (Å²) in [6.07, 6.45) is 5.84. The van der Waals surface area contributed by atoms with Gasteiger partial charge in [0.2, 0.25) is 0 Å². The van der Waals surface area contributed by atoms with Gasteiger partial charge in [0, 0.05) is 28.2 Å². The van der Waals surface area contributed by atoms with Crippen LogP contribution in [0.15, 0.2) is 54.0 Å². The van der Waals surface area contributed by atoms with Crippen molar-refractivity contribution in [2.75, 3.05) is 5.32 Å². The number of benzene rings is 1. The van der Waals surface area contributed by atoms with Crippen LogP contribution in [0.5, 0.6) is 0 Å². The van der Waals surface area contributed by atoms with Crippen LogP contribution in [-0.2, 0) is 6.54 Å². The SMILES string of the molecule is C=C1Nc2cc(C(=O)NCc3cnc(C(C)C)s3)ccc2/C=C(/C)C=C1NS. The van der Waals surface area contributed by atoms with Gasteiger partial charge in [0.05, 0.1) is 22.9 Å². The van der Waals surface area contributed by atoms with Gasteiger partial charge in [-0.15, -0.1) is 11.3 Å². The molecule has 3 rings (SSSR count). The minimum Gasteiger partial charge on any atom is -0.354 e. The molecule has 0 fully saturated rings. The van der Waals surface area contributed by atoms with Crippen molar-refractivity contribution < 1.29 is 4.79 Å². The predicted octanol–water partition coefficient (Wildman–Crippen LogP) is 4.86. The van der Waals surface area contributed by atoms with Gasteiger partial charge < -0.3 is 15.4 Å². The predicted molar refractivity (Wildman–Crippen MR) is 120 cm³/mol. The zero-order valence-corrected chi connectivity index (χ0v) is 17.9. The average molecular weight is 413 g/mol. The van der Waals surface area contributed by atoms with E-state index < -0.39 is 0 Å². The topological polar surface area (TPSA) is 66.0 Å². The molecule has 0 unspecified atom stereocenters. The van der Waals surface area contributed by atoms with E-state index in [9.17, 15) is 4.79 Å². The van der Waals surface area contributed by atoms with E-state index in [2.05, 4.69) is 53.6 Å². The van der Waals surface area contributed by atoms with Crippen molar-refractivity contribution in [1.82, 2.24) is 15.0 Å². The molecule has 2 heterocycles. The van der Waals surface area contributed by atoms with Crippen LogP contribution < -0.4 is 15.4 Å². The minimum absolute atomic E-state index is 0.124. The van der Waals surface area contributed by atoms with Gasteiger partial charge in [0.25, 0.3) is 5.91 Å². The van der Waals surface area contributed by atoms with Gasteiger partial charge in [0.1, 0.15) is 0 Å². The lowest BCUT2D eigenvalue weighted by molar-refractivity contribution is 0.0951. The third-order valence-corrected chi connectivity index (χ3v) is 5.83. The van der Waals surface area contributed by atoms with E-state index in [1.807, 2.05) is 43.5 Å². The van der Waals surface area contributed by atoms with E-state index >= 15 is 0 Å². The number of allylic oxidation sites excluding steroid dienone is 2. The largest absolute Gasteiger partial charge is 0.354 e. The molecule has 0 radical (unpaired) electrons. The number of hydrogen-bond acceptors (Lipinski definition) is 6. The molecule has 1 aliphatic heterocycles. The minimum atomic E-state index is -0.124. The Morgan fingerprint density at radius 3 is 2.82 bits per heavy atom. The molecule has 1 aromatic carbocycles. The summed E-state index contributed by atoms with van der Waals surface area (Å²) >= 11 is 5.76. The summed E-state index contributed by atoms with van der Waals surface area (Å²) in [5.41, 5.74) is 4.93. The van der Waals surface area contributed by atoms with E-state index in [0.29, 0.717) is 23.7 Å². The Bertz CT molecular complexity index is 973. The van der Waals surface area contributed by atoms with E-state index in [1.54, 1.807) is 11.3 Å². The van der Waals surface area contributed by atoms with Crippen LogP contribution >= 0.6 is 24.2 Å². The standard InChI is InChI=1S/C21H24N4OS2/c1-12(2)21-23-11-17(28-21)10-22-20(26)16-6-5-15-7-13(3)8-18(25-27)14(4)24-19(15)9-16/h5-9,11-12,24-25,27H,4,10H2,1-3H3,(H,22,26)/b13-7-,18-8?. The third kappa shape index (κ3) is 4.66. The van der Waals surface area contributed by atoms with E-state index in [-0.39, 0.29) is 5.91 Å². The lowest BCUT2D eigenvalue weighted by atomic mass is 10.0. The van der Waals surface area contributed by atoms with Crippen molar-refractivity contribution >= 4 is 41.8 Å². The summed E-state index contributed by atoms with van der Waals surface area (Å²) in [5.74, 6) is 0.269. The second-order valence-electron chi connectivity index (χ2n) is 6.97. The van der Waals surface area contributed by atoms with Gasteiger partial charge in [0.15, 0.2) is 0 Å². The lowest BCUT2D eigenvalue weighted by Crippen LogP contribution is -2.22. The van der Waals surface area contributed by atoms with Crippen LogP contribution in [0, 0.1) is 0 Å². The molecule has 1 aromatic heterocycles. The number of amides is 1. The summed E-state index contributed by atoms with van der Waals surface area (Å²) < 4.78 is 2.84. The summed E-state index contributed by atoms with van der Waals surface area (Å²) in [4.78, 5) is 18.1. The highest BCUT2D eigenvalue weighted by Gasteiger charge is 2.13. The van der Waals surface area contributed by atoms with E-state index in [1.165, 1.54) is 0 Å². The number of rotatable bonds is 5. The second-order valence-corrected chi connectivity index (χ2v) is 8.34. The molecule has 28 heavy (non-hydrogen) atoms. The first-order valence-corrected chi connectivity index (χ1v) is 10.3. The molecule has 0 aliphatic carbocycles. The highest BCUT2D eigenvalue weighted by Crippen LogP contribution is 2.27. The summed E-state index contributed by atoms with van der Waals surface area (Å²) in [7, 11) is 0. The van der Waals surface area contributed by atoms with Crippen molar-refractivity contribution in [2.45, 2.75) is 33.2 Å². The first-order chi connectivity index (χ1) is 13.4.